The molecule has 8 heteroatoms. The maximum Gasteiger partial charge on any atom is 0.246 e. The molecule has 1 atom stereocenters. The Kier molecular flexibility index (Phi) is 4.92. The smallest absolute Gasteiger partial charge is 0.246 e. The van der Waals surface area contributed by atoms with Crippen molar-refractivity contribution in [1.29, 1.82) is 0 Å². The molecule has 1 aromatic carbocycles. The summed E-state index contributed by atoms with van der Waals surface area (Å²) in [4.78, 5) is 16.2. The predicted octanol–water partition coefficient (Wildman–Crippen LogP) is 4.56. The Morgan fingerprint density at radius 1 is 1.41 bits per heavy atom. The first-order valence-electron chi connectivity index (χ1n) is 8.80. The van der Waals surface area contributed by atoms with Crippen LogP contribution in [-0.2, 0) is 11.3 Å². The second-order valence-corrected chi connectivity index (χ2v) is 8.03. The van der Waals surface area contributed by atoms with E-state index in [1.165, 1.54) is 12.1 Å². The lowest BCUT2D eigenvalue weighted by atomic mass is 10.2. The molecule has 0 radical (unpaired) electrons. The van der Waals surface area contributed by atoms with Crippen LogP contribution < -0.4 is 0 Å². The first-order valence-corrected chi connectivity index (χ1v) is 10.1. The molecule has 0 saturated heterocycles. The SMILES string of the molecule is CC(C(=O)N(Cc1ccc(F)cc1)C1CC1)n1c(-c2cccs2)n[nH]c1=S. The summed E-state index contributed by atoms with van der Waals surface area (Å²) in [7, 11) is 0. The van der Waals surface area contributed by atoms with Gasteiger partial charge < -0.3 is 4.90 Å². The number of nitrogens with zero attached hydrogens (tertiary/aromatic N) is 3. The highest BCUT2D eigenvalue weighted by Crippen LogP contribution is 2.32. The largest absolute Gasteiger partial charge is 0.334 e. The molecule has 0 aliphatic heterocycles. The molecule has 1 aliphatic carbocycles. The first kappa shape index (κ1) is 18.1. The average molecular weight is 403 g/mol. The highest BCUT2D eigenvalue weighted by Gasteiger charge is 2.36. The molecule has 1 unspecified atom stereocenters. The number of carbonyl (C=O) groups excluding carboxylic acids is 1. The normalized spacial score (nSPS) is 14.9. The van der Waals surface area contributed by atoms with Crippen LogP contribution in [0.4, 0.5) is 4.39 Å². The van der Waals surface area contributed by atoms with Gasteiger partial charge in [-0.1, -0.05) is 18.2 Å². The molecule has 2 heterocycles. The molecule has 3 aromatic rings. The highest BCUT2D eigenvalue weighted by molar-refractivity contribution is 7.71. The van der Waals surface area contributed by atoms with Gasteiger partial charge in [0.05, 0.1) is 4.88 Å². The fourth-order valence-electron chi connectivity index (χ4n) is 3.15. The van der Waals surface area contributed by atoms with Crippen LogP contribution in [-0.4, -0.2) is 31.6 Å². The molecule has 1 aliphatic rings. The van der Waals surface area contributed by atoms with Gasteiger partial charge in [-0.05, 0) is 61.1 Å². The molecule has 1 N–H and O–H groups in total. The first-order chi connectivity index (χ1) is 13.0. The molecule has 140 valence electrons. The number of halogens is 1. The van der Waals surface area contributed by atoms with Crippen molar-refractivity contribution in [3.8, 4) is 10.7 Å². The van der Waals surface area contributed by atoms with Crippen LogP contribution in [0.25, 0.3) is 10.7 Å². The summed E-state index contributed by atoms with van der Waals surface area (Å²) in [6.07, 6.45) is 1.99. The van der Waals surface area contributed by atoms with Crippen LogP contribution in [0.2, 0.25) is 0 Å². The Balaban J connectivity index is 1.62. The Hall–Kier alpha value is -2.32. The van der Waals surface area contributed by atoms with Crippen LogP contribution in [0.3, 0.4) is 0 Å². The molecule has 1 fully saturated rings. The van der Waals surface area contributed by atoms with Gasteiger partial charge in [-0.3, -0.25) is 14.5 Å². The van der Waals surface area contributed by atoms with Crippen molar-refractivity contribution < 1.29 is 9.18 Å². The molecule has 1 amide bonds. The van der Waals surface area contributed by atoms with Gasteiger partial charge >= 0.3 is 0 Å². The molecule has 2 aromatic heterocycles. The van der Waals surface area contributed by atoms with E-state index in [1.807, 2.05) is 29.3 Å². The zero-order valence-corrected chi connectivity index (χ0v) is 16.4. The third kappa shape index (κ3) is 3.72. The number of benzene rings is 1. The number of aromatic nitrogens is 3. The van der Waals surface area contributed by atoms with Crippen molar-refractivity contribution in [2.24, 2.45) is 0 Å². The van der Waals surface area contributed by atoms with Crippen LogP contribution in [0.15, 0.2) is 41.8 Å². The zero-order valence-electron chi connectivity index (χ0n) is 14.8. The van der Waals surface area contributed by atoms with E-state index in [9.17, 15) is 9.18 Å². The number of hydrogen-bond donors (Lipinski definition) is 1. The Morgan fingerprint density at radius 3 is 2.78 bits per heavy atom. The van der Waals surface area contributed by atoms with Crippen molar-refractivity contribution in [3.05, 3.63) is 57.9 Å². The van der Waals surface area contributed by atoms with E-state index in [0.29, 0.717) is 17.1 Å². The third-order valence-corrected chi connectivity index (χ3v) is 5.88. The summed E-state index contributed by atoms with van der Waals surface area (Å²) < 4.78 is 15.4. The third-order valence-electron chi connectivity index (χ3n) is 4.73. The van der Waals surface area contributed by atoms with E-state index in [2.05, 4.69) is 10.2 Å². The van der Waals surface area contributed by atoms with Gasteiger partial charge in [0, 0.05) is 12.6 Å². The summed E-state index contributed by atoms with van der Waals surface area (Å²) in [6.45, 7) is 2.32. The summed E-state index contributed by atoms with van der Waals surface area (Å²) in [6, 6.07) is 9.96. The average Bonchev–Trinajstić information content (AvgIpc) is 3.21. The second kappa shape index (κ2) is 7.36. The molecular formula is C19H19FN4OS2. The molecule has 1 saturated carbocycles. The zero-order chi connectivity index (χ0) is 19.0. The van der Waals surface area contributed by atoms with Gasteiger partial charge in [0.15, 0.2) is 10.6 Å². The van der Waals surface area contributed by atoms with Gasteiger partial charge in [0.2, 0.25) is 5.91 Å². The summed E-state index contributed by atoms with van der Waals surface area (Å²) in [5.41, 5.74) is 0.915. The minimum Gasteiger partial charge on any atom is -0.334 e. The van der Waals surface area contributed by atoms with Gasteiger partial charge in [-0.2, -0.15) is 5.10 Å². The van der Waals surface area contributed by atoms with Gasteiger partial charge in [0.25, 0.3) is 0 Å². The van der Waals surface area contributed by atoms with Crippen molar-refractivity contribution in [1.82, 2.24) is 19.7 Å². The molecule has 0 bridgehead atoms. The minimum absolute atomic E-state index is 0.00266. The van der Waals surface area contributed by atoms with Crippen LogP contribution in [0.5, 0.6) is 0 Å². The number of hydrogen-bond acceptors (Lipinski definition) is 4. The molecule has 5 nitrogen and oxygen atoms in total. The number of rotatable bonds is 6. The Labute approximate surface area is 165 Å². The Bertz CT molecular complexity index is 990. The topological polar surface area (TPSA) is 53.9 Å². The minimum atomic E-state index is -0.477. The summed E-state index contributed by atoms with van der Waals surface area (Å²) >= 11 is 6.94. The van der Waals surface area contributed by atoms with Crippen LogP contribution >= 0.6 is 23.6 Å². The van der Waals surface area contributed by atoms with Crippen molar-refractivity contribution in [3.63, 3.8) is 0 Å². The van der Waals surface area contributed by atoms with E-state index < -0.39 is 6.04 Å². The van der Waals surface area contributed by atoms with Crippen LogP contribution in [0.1, 0.15) is 31.4 Å². The van der Waals surface area contributed by atoms with E-state index in [-0.39, 0.29) is 17.8 Å². The summed E-state index contributed by atoms with van der Waals surface area (Å²) in [5.74, 6) is 0.396. The van der Waals surface area contributed by atoms with Crippen LogP contribution in [0, 0.1) is 10.6 Å². The standard InChI is InChI=1S/C19H19FN4OS2/c1-12(24-17(21-22-19(24)26)16-3-2-10-27-16)18(25)23(15-8-9-15)11-13-4-6-14(20)7-5-13/h2-7,10,12,15H,8-9,11H2,1H3,(H,22,26). The molecular weight excluding hydrogens is 383 g/mol. The van der Waals surface area contributed by atoms with Gasteiger partial charge in [-0.15, -0.1) is 11.3 Å². The molecule has 27 heavy (non-hydrogen) atoms. The number of nitrogens with one attached hydrogen (secondary N) is 1. The van der Waals surface area contributed by atoms with Crippen molar-refractivity contribution in [2.75, 3.05) is 0 Å². The lowest BCUT2D eigenvalue weighted by Gasteiger charge is -2.27. The lowest BCUT2D eigenvalue weighted by Crippen LogP contribution is -2.37. The van der Waals surface area contributed by atoms with Crippen molar-refractivity contribution in [2.45, 2.75) is 38.4 Å². The monoisotopic (exact) mass is 402 g/mol. The molecule has 0 spiro atoms. The number of carbonyl (C=O) groups is 1. The Morgan fingerprint density at radius 2 is 2.15 bits per heavy atom. The number of amides is 1. The van der Waals surface area contributed by atoms with E-state index >= 15 is 0 Å². The highest BCUT2D eigenvalue weighted by atomic mass is 32.1. The van der Waals surface area contributed by atoms with Crippen molar-refractivity contribution >= 4 is 29.5 Å². The number of thiophene rings is 1. The lowest BCUT2D eigenvalue weighted by molar-refractivity contribution is -0.135. The fourth-order valence-corrected chi connectivity index (χ4v) is 4.15. The number of aromatic amines is 1. The molecule has 4 rings (SSSR count). The predicted molar refractivity (Wildman–Crippen MR) is 105 cm³/mol. The van der Waals surface area contributed by atoms with Gasteiger partial charge in [0.1, 0.15) is 11.9 Å². The fraction of sp³-hybridized carbons (Fsp3) is 0.316. The maximum absolute atomic E-state index is 13.3. The second-order valence-electron chi connectivity index (χ2n) is 6.70. The number of H-pyrrole nitrogens is 1. The quantitative estimate of drug-likeness (QED) is 0.615. The van der Waals surface area contributed by atoms with E-state index in [0.717, 1.165) is 23.3 Å². The van der Waals surface area contributed by atoms with E-state index in [1.54, 1.807) is 28.0 Å². The maximum atomic E-state index is 13.3. The summed E-state index contributed by atoms with van der Waals surface area (Å²) in [5, 5.41) is 9.10. The van der Waals surface area contributed by atoms with E-state index in [4.69, 9.17) is 12.2 Å². The van der Waals surface area contributed by atoms with Gasteiger partial charge in [-0.25, -0.2) is 4.39 Å².